The minimum Gasteiger partial charge on any atom is -0.507 e. The third-order valence-electron chi connectivity index (χ3n) is 6.58. The third-order valence-corrected chi connectivity index (χ3v) is 6.58. The minimum absolute atomic E-state index is 0.0383. The van der Waals surface area contributed by atoms with E-state index in [1.165, 1.54) is 21.3 Å². The Hall–Kier alpha value is -3.68. The van der Waals surface area contributed by atoms with Crippen molar-refractivity contribution in [2.24, 2.45) is 0 Å². The molecule has 2 aromatic carbocycles. The molecule has 1 atom stereocenters. The molecule has 2 aliphatic rings. The van der Waals surface area contributed by atoms with Gasteiger partial charge >= 0.3 is 0 Å². The molecule has 1 unspecified atom stereocenters. The second-order valence-corrected chi connectivity index (χ2v) is 8.33. The van der Waals surface area contributed by atoms with E-state index >= 15 is 0 Å². The molecule has 1 N–H and O–H groups in total. The number of nitrogens with zero attached hydrogens (tertiary/aromatic N) is 1. The van der Waals surface area contributed by atoms with Crippen molar-refractivity contribution < 1.29 is 33.6 Å². The number of rotatable bonds is 7. The Balaban J connectivity index is 1.90. The molecule has 2 fully saturated rings. The number of Topliss-reactive ketones (excluding diaryl/α,β-unsaturated/α-hetero) is 1. The Labute approximate surface area is 198 Å². The first-order chi connectivity index (χ1) is 16.4. The number of ether oxygens (including phenoxy) is 4. The summed E-state index contributed by atoms with van der Waals surface area (Å²) in [5.41, 5.74) is 1.05. The summed E-state index contributed by atoms with van der Waals surface area (Å²) in [5.74, 6) is 0.320. The fourth-order valence-electron chi connectivity index (χ4n) is 4.90. The first-order valence-corrected chi connectivity index (χ1v) is 11.2. The number of likely N-dealkylation sites (tertiary alicyclic amines) is 1. The average molecular weight is 468 g/mol. The van der Waals surface area contributed by atoms with E-state index in [1.54, 1.807) is 48.4 Å². The number of aliphatic hydroxyl groups excluding tert-OH is 1. The molecule has 0 aromatic heterocycles. The van der Waals surface area contributed by atoms with Gasteiger partial charge in [0.05, 0.1) is 40.1 Å². The van der Waals surface area contributed by atoms with E-state index in [0.29, 0.717) is 34.1 Å². The van der Waals surface area contributed by atoms with E-state index in [1.807, 2.05) is 0 Å². The van der Waals surface area contributed by atoms with Gasteiger partial charge in [-0.1, -0.05) is 18.9 Å². The van der Waals surface area contributed by atoms with Gasteiger partial charge in [0, 0.05) is 11.6 Å². The second kappa shape index (κ2) is 9.67. The topological polar surface area (TPSA) is 94.5 Å². The number of carbonyl (C=O) groups excluding carboxylic acids is 2. The summed E-state index contributed by atoms with van der Waals surface area (Å²) in [7, 11) is 6.07. The number of hydrogen-bond acceptors (Lipinski definition) is 7. The molecular weight excluding hydrogens is 438 g/mol. The van der Waals surface area contributed by atoms with Crippen molar-refractivity contribution in [1.29, 1.82) is 0 Å². The highest BCUT2D eigenvalue weighted by atomic mass is 16.5. The van der Waals surface area contributed by atoms with Crippen molar-refractivity contribution in [3.63, 3.8) is 0 Å². The SMILES string of the molecule is COc1ccc(/C(O)=C2/C(=O)C(=O)N(C3CCCC3)C2c2ccc(OC)c(OC)c2)cc1OC. The fourth-order valence-corrected chi connectivity index (χ4v) is 4.90. The van der Waals surface area contributed by atoms with Crippen LogP contribution in [0.1, 0.15) is 42.9 Å². The van der Waals surface area contributed by atoms with Gasteiger partial charge < -0.3 is 29.0 Å². The Morgan fingerprint density at radius 1 is 0.824 bits per heavy atom. The van der Waals surface area contributed by atoms with E-state index in [9.17, 15) is 14.7 Å². The van der Waals surface area contributed by atoms with Crippen LogP contribution in [0.5, 0.6) is 23.0 Å². The normalized spacial score (nSPS) is 20.0. The first-order valence-electron chi connectivity index (χ1n) is 11.2. The zero-order valence-corrected chi connectivity index (χ0v) is 19.8. The van der Waals surface area contributed by atoms with Crippen molar-refractivity contribution >= 4 is 17.4 Å². The number of benzene rings is 2. The zero-order valence-electron chi connectivity index (χ0n) is 19.8. The van der Waals surface area contributed by atoms with E-state index in [0.717, 1.165) is 25.7 Å². The summed E-state index contributed by atoms with van der Waals surface area (Å²) in [5, 5.41) is 11.3. The van der Waals surface area contributed by atoms with Gasteiger partial charge in [-0.05, 0) is 48.7 Å². The number of carbonyl (C=O) groups is 2. The van der Waals surface area contributed by atoms with Gasteiger partial charge in [0.25, 0.3) is 11.7 Å². The van der Waals surface area contributed by atoms with Gasteiger partial charge in [0.15, 0.2) is 23.0 Å². The summed E-state index contributed by atoms with van der Waals surface area (Å²) in [4.78, 5) is 28.2. The molecule has 1 aliphatic heterocycles. The van der Waals surface area contributed by atoms with Crippen molar-refractivity contribution in [2.75, 3.05) is 28.4 Å². The Kier molecular flexibility index (Phi) is 6.68. The van der Waals surface area contributed by atoms with Gasteiger partial charge in [-0.15, -0.1) is 0 Å². The van der Waals surface area contributed by atoms with Crippen LogP contribution in [-0.4, -0.2) is 56.2 Å². The largest absolute Gasteiger partial charge is 0.507 e. The highest BCUT2D eigenvalue weighted by molar-refractivity contribution is 6.46. The molecule has 1 saturated heterocycles. The van der Waals surface area contributed by atoms with Crippen molar-refractivity contribution in [3.8, 4) is 23.0 Å². The molecular formula is C26H29NO7. The van der Waals surface area contributed by atoms with Crippen LogP contribution in [0.25, 0.3) is 5.76 Å². The smallest absolute Gasteiger partial charge is 0.295 e. The molecule has 8 nitrogen and oxygen atoms in total. The average Bonchev–Trinajstić information content (AvgIpc) is 3.49. The van der Waals surface area contributed by atoms with Crippen LogP contribution in [0.2, 0.25) is 0 Å². The molecule has 8 heteroatoms. The van der Waals surface area contributed by atoms with Gasteiger partial charge in [-0.2, -0.15) is 0 Å². The maximum Gasteiger partial charge on any atom is 0.295 e. The number of amides is 1. The molecule has 1 amide bonds. The lowest BCUT2D eigenvalue weighted by atomic mass is 9.94. The van der Waals surface area contributed by atoms with Crippen LogP contribution in [0, 0.1) is 0 Å². The lowest BCUT2D eigenvalue weighted by molar-refractivity contribution is -0.141. The molecule has 4 rings (SSSR count). The zero-order chi connectivity index (χ0) is 24.4. The minimum atomic E-state index is -0.754. The molecule has 1 saturated carbocycles. The van der Waals surface area contributed by atoms with Crippen LogP contribution in [-0.2, 0) is 9.59 Å². The molecule has 2 aromatic rings. The quantitative estimate of drug-likeness (QED) is 0.372. The molecule has 1 aliphatic carbocycles. The molecule has 1 heterocycles. The monoisotopic (exact) mass is 467 g/mol. The Bertz CT molecular complexity index is 1130. The highest BCUT2D eigenvalue weighted by Gasteiger charge is 2.49. The van der Waals surface area contributed by atoms with Crippen molar-refractivity contribution in [3.05, 3.63) is 53.1 Å². The maximum absolute atomic E-state index is 13.3. The molecule has 0 radical (unpaired) electrons. The second-order valence-electron chi connectivity index (χ2n) is 8.33. The molecule has 0 bridgehead atoms. The third kappa shape index (κ3) is 3.93. The van der Waals surface area contributed by atoms with Gasteiger partial charge in [0.2, 0.25) is 0 Å². The summed E-state index contributed by atoms with van der Waals surface area (Å²) < 4.78 is 21.5. The Morgan fingerprint density at radius 2 is 1.38 bits per heavy atom. The lowest BCUT2D eigenvalue weighted by Crippen LogP contribution is -2.37. The van der Waals surface area contributed by atoms with Crippen molar-refractivity contribution in [2.45, 2.75) is 37.8 Å². The lowest BCUT2D eigenvalue weighted by Gasteiger charge is -2.31. The fraction of sp³-hybridized carbons (Fsp3) is 0.385. The molecule has 34 heavy (non-hydrogen) atoms. The highest BCUT2D eigenvalue weighted by Crippen LogP contribution is 2.45. The summed E-state index contributed by atoms with van der Waals surface area (Å²) in [6.45, 7) is 0. The van der Waals surface area contributed by atoms with Crippen LogP contribution in [0.3, 0.4) is 0 Å². The van der Waals surface area contributed by atoms with Crippen LogP contribution >= 0.6 is 0 Å². The summed E-state index contributed by atoms with van der Waals surface area (Å²) in [6, 6.07) is 9.31. The Morgan fingerprint density at radius 3 is 1.97 bits per heavy atom. The van der Waals surface area contributed by atoms with Gasteiger partial charge in [-0.25, -0.2) is 0 Å². The first kappa shape index (κ1) is 23.5. The number of hydrogen-bond donors (Lipinski definition) is 1. The van der Waals surface area contributed by atoms with Gasteiger partial charge in [0.1, 0.15) is 5.76 Å². The van der Waals surface area contributed by atoms with E-state index in [4.69, 9.17) is 18.9 Å². The number of ketones is 1. The number of aliphatic hydroxyl groups is 1. The molecule has 0 spiro atoms. The maximum atomic E-state index is 13.3. The van der Waals surface area contributed by atoms with E-state index < -0.39 is 17.7 Å². The van der Waals surface area contributed by atoms with Crippen molar-refractivity contribution in [1.82, 2.24) is 4.90 Å². The predicted molar refractivity (Wildman–Crippen MR) is 125 cm³/mol. The number of methoxy groups -OCH3 is 4. The predicted octanol–water partition coefficient (Wildman–Crippen LogP) is 4.09. The van der Waals surface area contributed by atoms with Crippen LogP contribution < -0.4 is 18.9 Å². The van der Waals surface area contributed by atoms with E-state index in [2.05, 4.69) is 0 Å². The van der Waals surface area contributed by atoms with Gasteiger partial charge in [-0.3, -0.25) is 9.59 Å². The molecule has 180 valence electrons. The summed E-state index contributed by atoms with van der Waals surface area (Å²) in [6.07, 6.45) is 3.60. The standard InChI is InChI=1S/C26H29NO7/c1-31-18-11-9-15(13-20(18)33-3)23-22(25(29)26(30)27(23)17-7-5-6-8-17)24(28)16-10-12-19(32-2)21(14-16)34-4/h9-14,17,23,28H,5-8H2,1-4H3/b24-22-. The van der Waals surface area contributed by atoms with Crippen LogP contribution in [0.15, 0.2) is 42.0 Å². The van der Waals surface area contributed by atoms with Crippen LogP contribution in [0.4, 0.5) is 0 Å². The van der Waals surface area contributed by atoms with E-state index in [-0.39, 0.29) is 17.4 Å². The summed E-state index contributed by atoms with van der Waals surface area (Å²) >= 11 is 0.